The molecule has 4 nitrogen and oxygen atoms in total. The molecule has 2 aromatic carbocycles. The van der Waals surface area contributed by atoms with E-state index in [-0.39, 0.29) is 23.3 Å². The summed E-state index contributed by atoms with van der Waals surface area (Å²) >= 11 is 5.54. The van der Waals surface area contributed by atoms with Gasteiger partial charge in [0, 0.05) is 17.4 Å². The minimum absolute atomic E-state index is 0.00340. The van der Waals surface area contributed by atoms with Gasteiger partial charge in [-0.25, -0.2) is 4.39 Å². The van der Waals surface area contributed by atoms with Gasteiger partial charge in [0.2, 0.25) is 0 Å². The van der Waals surface area contributed by atoms with Crippen LogP contribution in [0.4, 0.5) is 15.8 Å². The molecule has 0 spiro atoms. The third-order valence-electron chi connectivity index (χ3n) is 2.46. The number of nitrogen functional groups attached to an aromatic ring is 1. The molecule has 0 atom stereocenters. The van der Waals surface area contributed by atoms with Gasteiger partial charge in [-0.2, -0.15) is 0 Å². The Kier molecular flexibility index (Phi) is 4.42. The van der Waals surface area contributed by atoms with E-state index in [9.17, 15) is 9.18 Å². The molecule has 0 aliphatic rings. The number of halogens is 2. The molecule has 0 aliphatic heterocycles. The molecule has 1 amide bonds. The van der Waals surface area contributed by atoms with E-state index in [0.29, 0.717) is 11.4 Å². The van der Waals surface area contributed by atoms with Gasteiger partial charge >= 0.3 is 0 Å². The molecule has 20 heavy (non-hydrogen) atoms. The summed E-state index contributed by atoms with van der Waals surface area (Å²) in [5, 5.41) is 2.63. The first-order valence-corrected chi connectivity index (χ1v) is 6.15. The van der Waals surface area contributed by atoms with Crippen LogP contribution in [0.15, 0.2) is 42.5 Å². The van der Waals surface area contributed by atoms with Crippen molar-refractivity contribution in [2.75, 3.05) is 17.7 Å². The van der Waals surface area contributed by atoms with E-state index in [1.165, 1.54) is 12.1 Å². The molecule has 0 radical (unpaired) electrons. The molecule has 104 valence electrons. The van der Waals surface area contributed by atoms with Crippen molar-refractivity contribution in [1.29, 1.82) is 0 Å². The molecule has 0 fully saturated rings. The first kappa shape index (κ1) is 14.1. The van der Waals surface area contributed by atoms with Crippen molar-refractivity contribution in [3.05, 3.63) is 53.3 Å². The second-order valence-electron chi connectivity index (χ2n) is 4.03. The smallest absolute Gasteiger partial charge is 0.262 e. The summed E-state index contributed by atoms with van der Waals surface area (Å²) in [5.74, 6) is -0.715. The van der Waals surface area contributed by atoms with Gasteiger partial charge in [-0.15, -0.1) is 0 Å². The number of carbonyl (C=O) groups excluding carboxylic acids is 1. The van der Waals surface area contributed by atoms with Crippen LogP contribution in [0, 0.1) is 5.82 Å². The standard InChI is InChI=1S/C14H12ClFN2O2/c15-12-6-5-11(7-13(12)16)20-8-14(19)18-10-3-1-9(17)2-4-10/h1-7H,8,17H2,(H,18,19). The van der Waals surface area contributed by atoms with Crippen molar-refractivity contribution in [3.63, 3.8) is 0 Å². The highest BCUT2D eigenvalue weighted by molar-refractivity contribution is 6.30. The fraction of sp³-hybridized carbons (Fsp3) is 0.0714. The van der Waals surface area contributed by atoms with Crippen LogP contribution in [0.1, 0.15) is 0 Å². The van der Waals surface area contributed by atoms with Crippen LogP contribution in [0.25, 0.3) is 0 Å². The molecule has 0 aromatic heterocycles. The van der Waals surface area contributed by atoms with E-state index in [2.05, 4.69) is 5.32 Å². The Balaban J connectivity index is 1.88. The normalized spacial score (nSPS) is 10.1. The lowest BCUT2D eigenvalue weighted by molar-refractivity contribution is -0.118. The number of ether oxygens (including phenoxy) is 1. The Morgan fingerprint density at radius 3 is 2.60 bits per heavy atom. The van der Waals surface area contributed by atoms with Crippen LogP contribution in [-0.4, -0.2) is 12.5 Å². The Labute approximate surface area is 120 Å². The Morgan fingerprint density at radius 1 is 1.25 bits per heavy atom. The van der Waals surface area contributed by atoms with Crippen LogP contribution >= 0.6 is 11.6 Å². The number of rotatable bonds is 4. The molecule has 0 heterocycles. The number of benzene rings is 2. The van der Waals surface area contributed by atoms with Crippen molar-refractivity contribution in [1.82, 2.24) is 0 Å². The van der Waals surface area contributed by atoms with Crippen molar-refractivity contribution in [2.45, 2.75) is 0 Å². The third kappa shape index (κ3) is 3.86. The lowest BCUT2D eigenvalue weighted by Crippen LogP contribution is -2.20. The van der Waals surface area contributed by atoms with E-state index in [1.807, 2.05) is 0 Å². The highest BCUT2D eigenvalue weighted by atomic mass is 35.5. The van der Waals surface area contributed by atoms with Crippen LogP contribution in [0.5, 0.6) is 5.75 Å². The minimum atomic E-state index is -0.594. The zero-order chi connectivity index (χ0) is 14.5. The maximum Gasteiger partial charge on any atom is 0.262 e. The zero-order valence-electron chi connectivity index (χ0n) is 10.4. The zero-order valence-corrected chi connectivity index (χ0v) is 11.2. The average molecular weight is 295 g/mol. The number of amides is 1. The second-order valence-corrected chi connectivity index (χ2v) is 4.44. The van der Waals surface area contributed by atoms with Crippen molar-refractivity contribution in [2.24, 2.45) is 0 Å². The van der Waals surface area contributed by atoms with E-state index in [1.54, 1.807) is 24.3 Å². The van der Waals surface area contributed by atoms with Crippen molar-refractivity contribution in [3.8, 4) is 5.75 Å². The van der Waals surface area contributed by atoms with Gasteiger partial charge in [-0.05, 0) is 36.4 Å². The summed E-state index contributed by atoms with van der Waals surface area (Å²) < 4.78 is 18.3. The Bertz CT molecular complexity index is 617. The predicted molar refractivity (Wildman–Crippen MR) is 76.4 cm³/mol. The highest BCUT2D eigenvalue weighted by Crippen LogP contribution is 2.20. The summed E-state index contributed by atoms with van der Waals surface area (Å²) in [6, 6.07) is 10.7. The van der Waals surface area contributed by atoms with Gasteiger partial charge in [0.05, 0.1) is 5.02 Å². The fourth-order valence-corrected chi connectivity index (χ4v) is 1.60. The second kappa shape index (κ2) is 6.25. The number of nitrogens with one attached hydrogen (secondary N) is 1. The van der Waals surface area contributed by atoms with Gasteiger partial charge in [0.1, 0.15) is 11.6 Å². The third-order valence-corrected chi connectivity index (χ3v) is 2.76. The molecule has 6 heteroatoms. The summed E-state index contributed by atoms with van der Waals surface area (Å²) in [4.78, 5) is 11.6. The van der Waals surface area contributed by atoms with Crippen LogP contribution in [0.2, 0.25) is 5.02 Å². The molecule has 0 saturated carbocycles. The SMILES string of the molecule is Nc1ccc(NC(=O)COc2ccc(Cl)c(F)c2)cc1. The van der Waals surface area contributed by atoms with E-state index >= 15 is 0 Å². The number of hydrogen-bond acceptors (Lipinski definition) is 3. The molecule has 2 rings (SSSR count). The number of hydrogen-bond donors (Lipinski definition) is 2. The lowest BCUT2D eigenvalue weighted by Gasteiger charge is -2.08. The summed E-state index contributed by atoms with van der Waals surface area (Å²) in [6.07, 6.45) is 0. The van der Waals surface area contributed by atoms with E-state index in [4.69, 9.17) is 22.1 Å². The van der Waals surface area contributed by atoms with Crippen LogP contribution < -0.4 is 15.8 Å². The van der Waals surface area contributed by atoms with Crippen LogP contribution in [0.3, 0.4) is 0 Å². The predicted octanol–water partition coefficient (Wildman–Crippen LogP) is 3.08. The van der Waals surface area contributed by atoms with Crippen molar-refractivity contribution >= 4 is 28.9 Å². The topological polar surface area (TPSA) is 64.3 Å². The summed E-state index contributed by atoms with van der Waals surface area (Å²) in [7, 11) is 0. The molecule has 0 aliphatic carbocycles. The van der Waals surface area contributed by atoms with Gasteiger partial charge in [0.25, 0.3) is 5.91 Å². The molecular formula is C14H12ClFN2O2. The monoisotopic (exact) mass is 294 g/mol. The number of nitrogens with two attached hydrogens (primary N) is 1. The molecule has 3 N–H and O–H groups in total. The summed E-state index contributed by atoms with van der Waals surface area (Å²) in [5.41, 5.74) is 6.75. The maximum absolute atomic E-state index is 13.2. The maximum atomic E-state index is 13.2. The number of anilines is 2. The summed E-state index contributed by atoms with van der Waals surface area (Å²) in [6.45, 7) is -0.231. The molecule has 0 unspecified atom stereocenters. The van der Waals surface area contributed by atoms with E-state index in [0.717, 1.165) is 6.07 Å². The quantitative estimate of drug-likeness (QED) is 0.852. The molecule has 0 bridgehead atoms. The Morgan fingerprint density at radius 2 is 1.95 bits per heavy atom. The molecular weight excluding hydrogens is 283 g/mol. The first-order valence-electron chi connectivity index (χ1n) is 5.78. The first-order chi connectivity index (χ1) is 9.54. The lowest BCUT2D eigenvalue weighted by atomic mass is 10.3. The number of carbonyl (C=O) groups is 1. The minimum Gasteiger partial charge on any atom is -0.484 e. The molecule has 0 saturated heterocycles. The average Bonchev–Trinajstić information content (AvgIpc) is 2.43. The van der Waals surface area contributed by atoms with Crippen molar-refractivity contribution < 1.29 is 13.9 Å². The van der Waals surface area contributed by atoms with Gasteiger partial charge in [-0.3, -0.25) is 4.79 Å². The van der Waals surface area contributed by atoms with Gasteiger partial charge in [0.15, 0.2) is 6.61 Å². The van der Waals surface area contributed by atoms with Crippen LogP contribution in [-0.2, 0) is 4.79 Å². The van der Waals surface area contributed by atoms with Gasteiger partial charge < -0.3 is 15.8 Å². The van der Waals surface area contributed by atoms with Gasteiger partial charge in [-0.1, -0.05) is 11.6 Å². The molecule has 2 aromatic rings. The van der Waals surface area contributed by atoms with E-state index < -0.39 is 5.82 Å². The highest BCUT2D eigenvalue weighted by Gasteiger charge is 2.06. The Hall–Kier alpha value is -2.27. The fourth-order valence-electron chi connectivity index (χ4n) is 1.48. The largest absolute Gasteiger partial charge is 0.484 e.